The summed E-state index contributed by atoms with van der Waals surface area (Å²) in [7, 11) is 1.61. The second kappa shape index (κ2) is 8.86. The number of nitrogens with zero attached hydrogens (tertiary/aromatic N) is 4. The van der Waals surface area contributed by atoms with E-state index in [0.29, 0.717) is 17.5 Å². The van der Waals surface area contributed by atoms with E-state index in [1.165, 1.54) is 11.8 Å². The van der Waals surface area contributed by atoms with Crippen LogP contribution in [0.4, 0.5) is 0 Å². The molecule has 1 amide bonds. The average molecular weight is 438 g/mol. The molecule has 1 aromatic carbocycles. The van der Waals surface area contributed by atoms with Gasteiger partial charge in [0, 0.05) is 5.56 Å². The average Bonchev–Trinajstić information content (AvgIpc) is 3.40. The van der Waals surface area contributed by atoms with Crippen LogP contribution in [0.2, 0.25) is 0 Å². The fourth-order valence-electron chi connectivity index (χ4n) is 3.41. The van der Waals surface area contributed by atoms with Crippen LogP contribution in [0, 0.1) is 17.2 Å². The molecule has 3 aromatic rings. The Morgan fingerprint density at radius 3 is 2.90 bits per heavy atom. The molecule has 160 valence electrons. The Bertz CT molecular complexity index is 1100. The van der Waals surface area contributed by atoms with Crippen molar-refractivity contribution in [3.05, 3.63) is 48.4 Å². The number of hydrogen-bond acceptors (Lipinski definition) is 7. The summed E-state index contributed by atoms with van der Waals surface area (Å²) in [5, 5.41) is 21.6. The van der Waals surface area contributed by atoms with E-state index >= 15 is 0 Å². The molecule has 1 saturated carbocycles. The van der Waals surface area contributed by atoms with Crippen LogP contribution >= 0.6 is 11.8 Å². The van der Waals surface area contributed by atoms with Crippen LogP contribution in [0.1, 0.15) is 25.5 Å². The predicted octanol–water partition coefficient (Wildman–Crippen LogP) is 3.50. The van der Waals surface area contributed by atoms with Gasteiger partial charge >= 0.3 is 0 Å². The molecule has 0 radical (unpaired) electrons. The Balaban J connectivity index is 1.55. The largest absolute Gasteiger partial charge is 0.497 e. The molecule has 0 saturated heterocycles. The quantitative estimate of drug-likeness (QED) is 0.511. The molecular weight excluding hydrogens is 414 g/mol. The zero-order valence-electron chi connectivity index (χ0n) is 17.4. The number of nitrogens with one attached hydrogen (secondary N) is 1. The predicted molar refractivity (Wildman–Crippen MR) is 115 cm³/mol. The number of carbonyl (C=O) groups is 1. The molecule has 1 atom stereocenters. The van der Waals surface area contributed by atoms with Crippen molar-refractivity contribution >= 4 is 17.7 Å². The fourth-order valence-corrected chi connectivity index (χ4v) is 4.15. The number of carbonyl (C=O) groups excluding carboxylic acids is 1. The minimum absolute atomic E-state index is 0.137. The molecule has 1 aliphatic carbocycles. The van der Waals surface area contributed by atoms with E-state index < -0.39 is 5.54 Å². The molecule has 1 aliphatic rings. The third-order valence-corrected chi connectivity index (χ3v) is 6.26. The van der Waals surface area contributed by atoms with E-state index in [2.05, 4.69) is 21.6 Å². The number of furan rings is 1. The van der Waals surface area contributed by atoms with Gasteiger partial charge in [0.05, 0.1) is 31.7 Å². The molecule has 1 N–H and O–H groups in total. The topological polar surface area (TPSA) is 106 Å². The van der Waals surface area contributed by atoms with Crippen molar-refractivity contribution in [3.8, 4) is 23.2 Å². The fraction of sp³-hybridized carbons (Fsp3) is 0.364. The van der Waals surface area contributed by atoms with Crippen molar-refractivity contribution in [3.63, 3.8) is 0 Å². The lowest BCUT2D eigenvalue weighted by Crippen LogP contribution is -2.47. The lowest BCUT2D eigenvalue weighted by Gasteiger charge is -2.22. The highest BCUT2D eigenvalue weighted by molar-refractivity contribution is 7.99. The molecule has 0 spiro atoms. The second-order valence-corrected chi connectivity index (χ2v) is 8.57. The van der Waals surface area contributed by atoms with Gasteiger partial charge < -0.3 is 14.5 Å². The molecule has 1 fully saturated rings. The lowest BCUT2D eigenvalue weighted by molar-refractivity contribution is -0.119. The summed E-state index contributed by atoms with van der Waals surface area (Å²) in [4.78, 5) is 12.5. The maximum absolute atomic E-state index is 12.5. The third-order valence-electron chi connectivity index (χ3n) is 5.30. The first-order valence-corrected chi connectivity index (χ1v) is 11.0. The maximum Gasteiger partial charge on any atom is 0.231 e. The molecular formula is C22H23N5O3S. The van der Waals surface area contributed by atoms with E-state index in [4.69, 9.17) is 9.15 Å². The van der Waals surface area contributed by atoms with E-state index in [-0.39, 0.29) is 17.6 Å². The summed E-state index contributed by atoms with van der Waals surface area (Å²) in [6, 6.07) is 13.5. The van der Waals surface area contributed by atoms with Gasteiger partial charge in [-0.2, -0.15) is 5.26 Å². The van der Waals surface area contributed by atoms with Gasteiger partial charge in [0.2, 0.25) is 5.91 Å². The second-order valence-electron chi connectivity index (χ2n) is 7.63. The number of thioether (sulfide) groups is 1. The highest BCUT2D eigenvalue weighted by Crippen LogP contribution is 2.39. The van der Waals surface area contributed by atoms with Crippen LogP contribution in [0.5, 0.6) is 5.75 Å². The Morgan fingerprint density at radius 1 is 1.39 bits per heavy atom. The first kappa shape index (κ1) is 21.0. The minimum atomic E-state index is -0.814. The highest BCUT2D eigenvalue weighted by Gasteiger charge is 2.43. The Morgan fingerprint density at radius 2 is 2.23 bits per heavy atom. The molecule has 8 nitrogen and oxygen atoms in total. The molecule has 31 heavy (non-hydrogen) atoms. The first-order chi connectivity index (χ1) is 15.0. The van der Waals surface area contributed by atoms with Gasteiger partial charge in [0.25, 0.3) is 0 Å². The SMILES string of the molecule is COc1cccc(-c2nnc(SCC(=O)NC(C)(C#N)C3CC3)n2Cc2ccco2)c1. The van der Waals surface area contributed by atoms with Gasteiger partial charge in [-0.3, -0.25) is 9.36 Å². The zero-order chi connectivity index (χ0) is 21.8. The Labute approximate surface area is 184 Å². The first-order valence-electron chi connectivity index (χ1n) is 9.97. The normalized spacial score (nSPS) is 15.1. The molecule has 0 bridgehead atoms. The zero-order valence-corrected chi connectivity index (χ0v) is 18.2. The number of rotatable bonds is 9. The van der Waals surface area contributed by atoms with Gasteiger partial charge in [-0.05, 0) is 49.9 Å². The summed E-state index contributed by atoms with van der Waals surface area (Å²) >= 11 is 1.28. The summed E-state index contributed by atoms with van der Waals surface area (Å²) in [5.74, 6) is 2.29. The summed E-state index contributed by atoms with van der Waals surface area (Å²) < 4.78 is 12.8. The van der Waals surface area contributed by atoms with Crippen molar-refractivity contribution in [2.75, 3.05) is 12.9 Å². The van der Waals surface area contributed by atoms with E-state index in [1.807, 2.05) is 41.0 Å². The number of methoxy groups -OCH3 is 1. The monoisotopic (exact) mass is 437 g/mol. The third kappa shape index (κ3) is 4.75. The summed E-state index contributed by atoms with van der Waals surface area (Å²) in [5.41, 5.74) is 0.0334. The standard InChI is InChI=1S/C22H23N5O3S/c1-22(14-23,16-8-9-16)24-19(28)13-31-21-26-25-20(15-5-3-6-17(11-15)29-2)27(21)12-18-7-4-10-30-18/h3-7,10-11,16H,8-9,12-13H2,1-2H3,(H,24,28). The highest BCUT2D eigenvalue weighted by atomic mass is 32.2. The van der Waals surface area contributed by atoms with Gasteiger partial charge in [0.1, 0.15) is 17.0 Å². The number of aromatic nitrogens is 3. The van der Waals surface area contributed by atoms with Crippen molar-refractivity contribution in [1.29, 1.82) is 5.26 Å². The van der Waals surface area contributed by atoms with Gasteiger partial charge in [0.15, 0.2) is 11.0 Å². The molecule has 1 unspecified atom stereocenters. The van der Waals surface area contributed by atoms with Crippen LogP contribution in [0.25, 0.3) is 11.4 Å². The van der Waals surface area contributed by atoms with E-state index in [0.717, 1.165) is 29.9 Å². The van der Waals surface area contributed by atoms with Crippen LogP contribution in [-0.2, 0) is 11.3 Å². The van der Waals surface area contributed by atoms with Crippen molar-refractivity contribution in [2.45, 2.75) is 37.0 Å². The van der Waals surface area contributed by atoms with Crippen LogP contribution in [0.15, 0.2) is 52.2 Å². The minimum Gasteiger partial charge on any atom is -0.497 e. The molecule has 2 heterocycles. The van der Waals surface area contributed by atoms with Crippen molar-refractivity contribution in [1.82, 2.24) is 20.1 Å². The number of amides is 1. The van der Waals surface area contributed by atoms with Crippen LogP contribution in [0.3, 0.4) is 0 Å². The van der Waals surface area contributed by atoms with E-state index in [9.17, 15) is 10.1 Å². The molecule has 4 rings (SSSR count). The molecule has 2 aromatic heterocycles. The smallest absolute Gasteiger partial charge is 0.231 e. The summed E-state index contributed by atoms with van der Waals surface area (Å²) in [6.45, 7) is 2.21. The number of benzene rings is 1. The molecule has 9 heteroatoms. The lowest BCUT2D eigenvalue weighted by atomic mass is 9.98. The van der Waals surface area contributed by atoms with Crippen LogP contribution < -0.4 is 10.1 Å². The van der Waals surface area contributed by atoms with Crippen molar-refractivity contribution < 1.29 is 13.9 Å². The number of hydrogen-bond donors (Lipinski definition) is 1. The van der Waals surface area contributed by atoms with Crippen molar-refractivity contribution in [2.24, 2.45) is 5.92 Å². The molecule has 0 aliphatic heterocycles. The van der Waals surface area contributed by atoms with Gasteiger partial charge in [-0.1, -0.05) is 23.9 Å². The van der Waals surface area contributed by atoms with Crippen LogP contribution in [-0.4, -0.2) is 39.1 Å². The van der Waals surface area contributed by atoms with Gasteiger partial charge in [-0.15, -0.1) is 10.2 Å². The summed E-state index contributed by atoms with van der Waals surface area (Å²) in [6.07, 6.45) is 3.56. The number of ether oxygens (including phenoxy) is 1. The van der Waals surface area contributed by atoms with Gasteiger partial charge in [-0.25, -0.2) is 0 Å². The Hall–Kier alpha value is -3.25. The van der Waals surface area contributed by atoms with E-state index in [1.54, 1.807) is 20.3 Å². The number of nitriles is 1. The maximum atomic E-state index is 12.5. The Kier molecular flexibility index (Phi) is 6.00.